The van der Waals surface area contributed by atoms with Gasteiger partial charge in [-0.1, -0.05) is 30.3 Å². The number of fused-ring (bicyclic) bond motifs is 1. The molecular formula is C23H27N2O4+. The van der Waals surface area contributed by atoms with E-state index in [1.165, 1.54) is 18.4 Å². The molecule has 1 atom stereocenters. The lowest BCUT2D eigenvalue weighted by molar-refractivity contribution is -0.903. The van der Waals surface area contributed by atoms with Crippen LogP contribution in [0.2, 0.25) is 0 Å². The second kappa shape index (κ2) is 7.97. The minimum atomic E-state index is -1.86. The molecule has 6 heteroatoms. The first-order valence-electron chi connectivity index (χ1n) is 10.2. The molecule has 0 unspecified atom stereocenters. The lowest BCUT2D eigenvalue weighted by Gasteiger charge is -2.29. The van der Waals surface area contributed by atoms with E-state index in [1.54, 1.807) is 41.3 Å². The monoisotopic (exact) mass is 395 g/mol. The minimum absolute atomic E-state index is 0.310. The Morgan fingerprint density at radius 2 is 1.79 bits per heavy atom. The summed E-state index contributed by atoms with van der Waals surface area (Å²) in [6, 6.07) is 14.1. The zero-order valence-electron chi connectivity index (χ0n) is 16.7. The van der Waals surface area contributed by atoms with E-state index in [0.29, 0.717) is 29.2 Å². The van der Waals surface area contributed by atoms with Gasteiger partial charge in [-0.05, 0) is 37.5 Å². The van der Waals surface area contributed by atoms with E-state index in [4.69, 9.17) is 4.74 Å². The molecule has 1 saturated heterocycles. The molecule has 0 saturated carbocycles. The first kappa shape index (κ1) is 19.6. The second-order valence-corrected chi connectivity index (χ2v) is 7.88. The van der Waals surface area contributed by atoms with Crippen molar-refractivity contribution in [3.63, 3.8) is 0 Å². The molecule has 152 valence electrons. The molecule has 2 N–H and O–H groups in total. The normalized spacial score (nSPS) is 21.9. The standard InChI is InChI=1S/C23H26N2O4/c1-29-21-12-6-3-9-17(21)20(26)15-23(28)18-10-4-5-11-19(18)25(22(23)27)16-24-13-7-2-8-14-24/h3-6,9-12,28H,2,7-8,13-16H2,1H3/p+1/t23-/m0/s1. The highest BCUT2D eigenvalue weighted by Gasteiger charge is 2.52. The van der Waals surface area contributed by atoms with Crippen LogP contribution in [0.3, 0.4) is 0 Å². The summed E-state index contributed by atoms with van der Waals surface area (Å²) in [6.45, 7) is 2.55. The summed E-state index contributed by atoms with van der Waals surface area (Å²) in [6.07, 6.45) is 3.21. The molecule has 2 aromatic carbocycles. The first-order chi connectivity index (χ1) is 14.0. The fourth-order valence-electron chi connectivity index (χ4n) is 4.47. The number of aliphatic hydroxyl groups is 1. The van der Waals surface area contributed by atoms with Gasteiger partial charge >= 0.3 is 0 Å². The van der Waals surface area contributed by atoms with Gasteiger partial charge in [0, 0.05) is 5.56 Å². The first-order valence-corrected chi connectivity index (χ1v) is 10.2. The summed E-state index contributed by atoms with van der Waals surface area (Å²) in [5, 5.41) is 11.4. The number of carbonyl (C=O) groups excluding carboxylic acids is 2. The number of amides is 1. The van der Waals surface area contributed by atoms with Gasteiger partial charge in [0.1, 0.15) is 5.75 Å². The highest BCUT2D eigenvalue weighted by Crippen LogP contribution is 2.42. The molecule has 0 bridgehead atoms. The number of hydrogen-bond acceptors (Lipinski definition) is 4. The Hall–Kier alpha value is -2.70. The zero-order chi connectivity index (χ0) is 20.4. The Balaban J connectivity index is 1.64. The molecule has 0 aliphatic carbocycles. The molecular weight excluding hydrogens is 368 g/mol. The minimum Gasteiger partial charge on any atom is -0.496 e. The van der Waals surface area contributed by atoms with Crippen LogP contribution in [0.5, 0.6) is 5.75 Å². The molecule has 2 aliphatic rings. The van der Waals surface area contributed by atoms with Crippen molar-refractivity contribution in [3.8, 4) is 5.75 Å². The molecule has 2 aromatic rings. The summed E-state index contributed by atoms with van der Waals surface area (Å²) >= 11 is 0. The highest BCUT2D eigenvalue weighted by molar-refractivity contribution is 6.11. The maximum atomic E-state index is 13.4. The molecule has 2 aliphatic heterocycles. The van der Waals surface area contributed by atoms with E-state index in [2.05, 4.69) is 0 Å². The summed E-state index contributed by atoms with van der Waals surface area (Å²) in [4.78, 5) is 29.4. The van der Waals surface area contributed by atoms with Crippen molar-refractivity contribution in [2.45, 2.75) is 31.3 Å². The Kier molecular flexibility index (Phi) is 5.39. The van der Waals surface area contributed by atoms with Crippen LogP contribution in [-0.2, 0) is 10.4 Å². The topological polar surface area (TPSA) is 71.3 Å². The van der Waals surface area contributed by atoms with Crippen LogP contribution in [0.4, 0.5) is 5.69 Å². The summed E-state index contributed by atoms with van der Waals surface area (Å²) in [5.41, 5.74) is -0.284. The Morgan fingerprint density at radius 3 is 2.55 bits per heavy atom. The van der Waals surface area contributed by atoms with Crippen LogP contribution in [0.25, 0.3) is 0 Å². The van der Waals surface area contributed by atoms with Crippen LogP contribution >= 0.6 is 0 Å². The summed E-state index contributed by atoms with van der Waals surface area (Å²) < 4.78 is 5.28. The molecule has 1 amide bonds. The van der Waals surface area contributed by atoms with Crippen LogP contribution in [0.1, 0.15) is 41.6 Å². The van der Waals surface area contributed by atoms with Crippen molar-refractivity contribution in [2.24, 2.45) is 0 Å². The van der Waals surface area contributed by atoms with Crippen molar-refractivity contribution >= 4 is 17.4 Å². The molecule has 6 nitrogen and oxygen atoms in total. The van der Waals surface area contributed by atoms with Gasteiger partial charge in [-0.2, -0.15) is 0 Å². The molecule has 1 fully saturated rings. The van der Waals surface area contributed by atoms with Crippen molar-refractivity contribution < 1.29 is 24.3 Å². The van der Waals surface area contributed by atoms with Crippen molar-refractivity contribution in [1.29, 1.82) is 0 Å². The van der Waals surface area contributed by atoms with E-state index in [0.717, 1.165) is 25.9 Å². The third-order valence-electron chi connectivity index (χ3n) is 6.01. The van der Waals surface area contributed by atoms with E-state index >= 15 is 0 Å². The van der Waals surface area contributed by atoms with Gasteiger partial charge < -0.3 is 14.7 Å². The van der Waals surface area contributed by atoms with E-state index in [9.17, 15) is 14.7 Å². The number of hydrogen-bond donors (Lipinski definition) is 2. The van der Waals surface area contributed by atoms with Gasteiger partial charge in [-0.25, -0.2) is 0 Å². The maximum absolute atomic E-state index is 13.4. The predicted molar refractivity (Wildman–Crippen MR) is 109 cm³/mol. The van der Waals surface area contributed by atoms with Crippen LogP contribution < -0.4 is 14.5 Å². The van der Waals surface area contributed by atoms with Crippen LogP contribution in [0.15, 0.2) is 48.5 Å². The second-order valence-electron chi connectivity index (χ2n) is 7.88. The van der Waals surface area contributed by atoms with Gasteiger partial charge in [0.2, 0.25) is 0 Å². The lowest BCUT2D eigenvalue weighted by atomic mass is 9.88. The number of nitrogens with one attached hydrogen (secondary N) is 1. The summed E-state index contributed by atoms with van der Waals surface area (Å²) in [5.74, 6) is -0.297. The number of Topliss-reactive ketones (excluding diaryl/α,β-unsaturated/α-hetero) is 1. The fourth-order valence-corrected chi connectivity index (χ4v) is 4.47. The zero-order valence-corrected chi connectivity index (χ0v) is 16.7. The number of para-hydroxylation sites is 2. The van der Waals surface area contributed by atoms with Crippen molar-refractivity contribution in [1.82, 2.24) is 0 Å². The molecule has 2 heterocycles. The average molecular weight is 395 g/mol. The van der Waals surface area contributed by atoms with Crippen LogP contribution in [0, 0.1) is 0 Å². The quantitative estimate of drug-likeness (QED) is 0.728. The maximum Gasteiger partial charge on any atom is 0.268 e. The Labute approximate surface area is 170 Å². The number of ketones is 1. The van der Waals surface area contributed by atoms with Crippen molar-refractivity contribution in [2.75, 3.05) is 31.8 Å². The van der Waals surface area contributed by atoms with Gasteiger partial charge in [-0.15, -0.1) is 0 Å². The van der Waals surface area contributed by atoms with Gasteiger partial charge in [0.15, 0.2) is 18.1 Å². The van der Waals surface area contributed by atoms with Gasteiger partial charge in [0.05, 0.1) is 37.9 Å². The van der Waals surface area contributed by atoms with Gasteiger partial charge in [-0.3, -0.25) is 14.5 Å². The SMILES string of the molecule is COc1ccccc1C(=O)C[C@@]1(O)C(=O)N(C[NH+]2CCCCC2)c2ccccc21. The molecule has 0 aromatic heterocycles. The van der Waals surface area contributed by atoms with Crippen LogP contribution in [-0.4, -0.2) is 43.7 Å². The number of methoxy groups -OCH3 is 1. The number of rotatable bonds is 6. The predicted octanol–water partition coefficient (Wildman–Crippen LogP) is 1.53. The third-order valence-corrected chi connectivity index (χ3v) is 6.01. The highest BCUT2D eigenvalue weighted by atomic mass is 16.5. The van der Waals surface area contributed by atoms with E-state index in [-0.39, 0.29) is 12.2 Å². The number of likely N-dealkylation sites (tertiary alicyclic amines) is 1. The van der Waals surface area contributed by atoms with E-state index < -0.39 is 11.5 Å². The largest absolute Gasteiger partial charge is 0.496 e. The number of ether oxygens (including phenoxy) is 1. The fraction of sp³-hybridized carbons (Fsp3) is 0.391. The van der Waals surface area contributed by atoms with E-state index in [1.807, 2.05) is 12.1 Å². The Bertz CT molecular complexity index is 923. The number of carbonyl (C=O) groups is 2. The number of piperidine rings is 1. The lowest BCUT2D eigenvalue weighted by Crippen LogP contribution is -3.14. The number of quaternary nitrogens is 1. The molecule has 29 heavy (non-hydrogen) atoms. The average Bonchev–Trinajstić information content (AvgIpc) is 2.96. The Morgan fingerprint density at radius 1 is 1.10 bits per heavy atom. The number of nitrogens with zero attached hydrogens (tertiary/aromatic N) is 1. The molecule has 0 radical (unpaired) electrons. The van der Waals surface area contributed by atoms with Crippen molar-refractivity contribution in [3.05, 3.63) is 59.7 Å². The smallest absolute Gasteiger partial charge is 0.268 e. The number of anilines is 1. The molecule has 0 spiro atoms. The molecule has 4 rings (SSSR count). The third kappa shape index (κ3) is 3.54. The van der Waals surface area contributed by atoms with Gasteiger partial charge in [0.25, 0.3) is 5.91 Å². The summed E-state index contributed by atoms with van der Waals surface area (Å²) in [7, 11) is 1.50. The number of benzene rings is 2.